The van der Waals surface area contributed by atoms with Gasteiger partial charge in [-0.15, -0.1) is 0 Å². The molecule has 0 saturated heterocycles. The van der Waals surface area contributed by atoms with Crippen molar-refractivity contribution in [3.63, 3.8) is 0 Å². The molecule has 0 bridgehead atoms. The Balaban J connectivity index is 2.51. The third-order valence-corrected chi connectivity index (χ3v) is 3.87. The highest BCUT2D eigenvalue weighted by Gasteiger charge is 2.11. The maximum absolute atomic E-state index is 13.8. The molecule has 1 N–H and O–H groups in total. The van der Waals surface area contributed by atoms with Crippen LogP contribution in [0.3, 0.4) is 0 Å². The molecule has 1 rings (SSSR count). The summed E-state index contributed by atoms with van der Waals surface area (Å²) in [6, 6.07) is 5.74. The van der Waals surface area contributed by atoms with Crippen LogP contribution in [0, 0.1) is 5.82 Å². The van der Waals surface area contributed by atoms with Crippen molar-refractivity contribution in [1.29, 1.82) is 0 Å². The lowest BCUT2D eigenvalue weighted by atomic mass is 9.99. The minimum absolute atomic E-state index is 0.106. The first-order chi connectivity index (χ1) is 9.17. The molecule has 0 spiro atoms. The van der Waals surface area contributed by atoms with Gasteiger partial charge in [-0.2, -0.15) is 0 Å². The zero-order valence-corrected chi connectivity index (χ0v) is 13.6. The zero-order valence-electron chi connectivity index (χ0n) is 12.0. The molecule has 0 aliphatic carbocycles. The van der Waals surface area contributed by atoms with Crippen molar-refractivity contribution in [1.82, 2.24) is 5.32 Å². The Morgan fingerprint density at radius 1 is 1.21 bits per heavy atom. The van der Waals surface area contributed by atoms with E-state index in [4.69, 9.17) is 0 Å². The molecular formula is C16H25BrFN. The van der Waals surface area contributed by atoms with Crippen LogP contribution in [0.4, 0.5) is 4.39 Å². The third-order valence-electron chi connectivity index (χ3n) is 3.38. The Morgan fingerprint density at radius 3 is 2.63 bits per heavy atom. The van der Waals surface area contributed by atoms with E-state index < -0.39 is 0 Å². The van der Waals surface area contributed by atoms with Gasteiger partial charge in [-0.3, -0.25) is 0 Å². The average molecular weight is 330 g/mol. The lowest BCUT2D eigenvalue weighted by Crippen LogP contribution is -2.31. The van der Waals surface area contributed by atoms with Gasteiger partial charge in [0, 0.05) is 10.5 Å². The van der Waals surface area contributed by atoms with Gasteiger partial charge >= 0.3 is 0 Å². The summed E-state index contributed by atoms with van der Waals surface area (Å²) in [5.74, 6) is -0.106. The fourth-order valence-corrected chi connectivity index (χ4v) is 2.67. The van der Waals surface area contributed by atoms with Crippen LogP contribution in [0.1, 0.15) is 51.5 Å². The molecule has 1 nitrogen and oxygen atoms in total. The molecule has 1 aromatic carbocycles. The van der Waals surface area contributed by atoms with E-state index in [1.54, 1.807) is 6.07 Å². The zero-order chi connectivity index (χ0) is 14.1. The summed E-state index contributed by atoms with van der Waals surface area (Å²) in [5.41, 5.74) is 0.810. The van der Waals surface area contributed by atoms with Crippen LogP contribution in [0.15, 0.2) is 22.7 Å². The number of nitrogens with one attached hydrogen (secondary N) is 1. The van der Waals surface area contributed by atoms with Gasteiger partial charge < -0.3 is 5.32 Å². The molecule has 1 atom stereocenters. The number of likely N-dealkylation sites (N-methyl/N-ethyl adjacent to an activating group) is 1. The maximum Gasteiger partial charge on any atom is 0.127 e. The summed E-state index contributed by atoms with van der Waals surface area (Å²) in [5, 5.41) is 3.47. The highest BCUT2D eigenvalue weighted by molar-refractivity contribution is 9.10. The molecule has 108 valence electrons. The van der Waals surface area contributed by atoms with Crippen molar-refractivity contribution in [2.24, 2.45) is 0 Å². The van der Waals surface area contributed by atoms with Gasteiger partial charge in [0.05, 0.1) is 0 Å². The molecule has 0 aliphatic rings. The number of halogens is 2. The maximum atomic E-state index is 13.8. The highest BCUT2D eigenvalue weighted by atomic mass is 79.9. The smallest absolute Gasteiger partial charge is 0.127 e. The topological polar surface area (TPSA) is 12.0 Å². The number of unbranched alkanes of at least 4 members (excludes halogenated alkanes) is 3. The summed E-state index contributed by atoms with van der Waals surface area (Å²) in [7, 11) is 0. The highest BCUT2D eigenvalue weighted by Crippen LogP contribution is 2.18. The van der Waals surface area contributed by atoms with Gasteiger partial charge in [-0.1, -0.05) is 61.5 Å². The van der Waals surface area contributed by atoms with Crippen LogP contribution < -0.4 is 5.32 Å². The first-order valence-corrected chi connectivity index (χ1v) is 8.14. The van der Waals surface area contributed by atoms with Crippen LogP contribution >= 0.6 is 15.9 Å². The fraction of sp³-hybridized carbons (Fsp3) is 0.625. The Kier molecular flexibility index (Phi) is 8.31. The minimum Gasteiger partial charge on any atom is -0.314 e. The van der Waals surface area contributed by atoms with Gasteiger partial charge in [0.15, 0.2) is 0 Å². The van der Waals surface area contributed by atoms with Gasteiger partial charge in [0.2, 0.25) is 0 Å². The second-order valence-electron chi connectivity index (χ2n) is 5.04. The molecule has 1 unspecified atom stereocenters. The van der Waals surface area contributed by atoms with Crippen molar-refractivity contribution in [2.75, 3.05) is 6.54 Å². The van der Waals surface area contributed by atoms with Crippen LogP contribution in [0.5, 0.6) is 0 Å². The molecule has 0 radical (unpaired) electrons. The number of rotatable bonds is 9. The number of benzene rings is 1. The summed E-state index contributed by atoms with van der Waals surface area (Å²) in [6.07, 6.45) is 6.96. The largest absolute Gasteiger partial charge is 0.314 e. The first kappa shape index (κ1) is 16.6. The predicted octanol–water partition coefficient (Wildman–Crippen LogP) is 5.08. The second kappa shape index (κ2) is 9.49. The lowest BCUT2D eigenvalue weighted by molar-refractivity contribution is 0.455. The van der Waals surface area contributed by atoms with E-state index in [0.717, 1.165) is 29.4 Å². The van der Waals surface area contributed by atoms with Crippen molar-refractivity contribution in [3.05, 3.63) is 34.1 Å². The molecule has 0 saturated carbocycles. The van der Waals surface area contributed by atoms with Crippen LogP contribution in [0.25, 0.3) is 0 Å². The van der Waals surface area contributed by atoms with Crippen LogP contribution in [-0.4, -0.2) is 12.6 Å². The Morgan fingerprint density at radius 2 is 2.00 bits per heavy atom. The normalized spacial score (nSPS) is 12.6. The summed E-state index contributed by atoms with van der Waals surface area (Å²) in [4.78, 5) is 0. The van der Waals surface area contributed by atoms with E-state index in [2.05, 4.69) is 35.1 Å². The predicted molar refractivity (Wildman–Crippen MR) is 84.0 cm³/mol. The molecule has 3 heteroatoms. The Bertz CT molecular complexity index is 368. The molecule has 0 aliphatic heterocycles. The van der Waals surface area contributed by atoms with Crippen molar-refractivity contribution >= 4 is 15.9 Å². The molecule has 0 aromatic heterocycles. The molecule has 19 heavy (non-hydrogen) atoms. The van der Waals surface area contributed by atoms with Gasteiger partial charge in [0.1, 0.15) is 5.82 Å². The van der Waals surface area contributed by atoms with E-state index >= 15 is 0 Å². The quantitative estimate of drug-likeness (QED) is 0.623. The second-order valence-corrected chi connectivity index (χ2v) is 5.96. The van der Waals surface area contributed by atoms with Gasteiger partial charge in [-0.05, 0) is 37.1 Å². The first-order valence-electron chi connectivity index (χ1n) is 7.34. The molecule has 1 aromatic rings. The minimum atomic E-state index is -0.106. The lowest BCUT2D eigenvalue weighted by Gasteiger charge is -2.18. The summed E-state index contributed by atoms with van der Waals surface area (Å²) < 4.78 is 14.6. The number of hydrogen-bond acceptors (Lipinski definition) is 1. The molecule has 0 heterocycles. The monoisotopic (exact) mass is 329 g/mol. The third kappa shape index (κ3) is 6.53. The van der Waals surface area contributed by atoms with E-state index in [1.807, 2.05) is 12.1 Å². The molecule has 0 amide bonds. The standard InChI is InChI=1S/C16H25BrFN/c1-3-5-6-7-8-15(19-4-2)11-13-9-10-14(17)12-16(13)18/h9-10,12,15,19H,3-8,11H2,1-2H3. The average Bonchev–Trinajstić information content (AvgIpc) is 2.38. The van der Waals surface area contributed by atoms with Crippen molar-refractivity contribution in [3.8, 4) is 0 Å². The summed E-state index contributed by atoms with van der Waals surface area (Å²) >= 11 is 3.30. The summed E-state index contributed by atoms with van der Waals surface area (Å²) in [6.45, 7) is 5.27. The van der Waals surface area contributed by atoms with Gasteiger partial charge in [-0.25, -0.2) is 4.39 Å². The van der Waals surface area contributed by atoms with Crippen LogP contribution in [0.2, 0.25) is 0 Å². The van der Waals surface area contributed by atoms with E-state index in [1.165, 1.54) is 25.7 Å². The Hall–Kier alpha value is -0.410. The SMILES string of the molecule is CCCCCCC(Cc1ccc(Br)cc1F)NCC. The molecular weight excluding hydrogens is 305 g/mol. The van der Waals surface area contributed by atoms with E-state index in [0.29, 0.717) is 6.04 Å². The van der Waals surface area contributed by atoms with Crippen molar-refractivity contribution in [2.45, 2.75) is 58.4 Å². The van der Waals surface area contributed by atoms with Crippen molar-refractivity contribution < 1.29 is 4.39 Å². The van der Waals surface area contributed by atoms with E-state index in [-0.39, 0.29) is 5.82 Å². The van der Waals surface area contributed by atoms with Crippen LogP contribution in [-0.2, 0) is 6.42 Å². The van der Waals surface area contributed by atoms with Gasteiger partial charge in [0.25, 0.3) is 0 Å². The fourth-order valence-electron chi connectivity index (χ4n) is 2.34. The van der Waals surface area contributed by atoms with E-state index in [9.17, 15) is 4.39 Å². The Labute approximate surface area is 125 Å². The number of hydrogen-bond donors (Lipinski definition) is 1. The molecule has 0 fully saturated rings.